The third-order valence-corrected chi connectivity index (χ3v) is 3.13. The summed E-state index contributed by atoms with van der Waals surface area (Å²) in [6.45, 7) is 0.385. The fourth-order valence-corrected chi connectivity index (χ4v) is 2.06. The van der Waals surface area contributed by atoms with Crippen molar-refractivity contribution in [3.05, 3.63) is 12.2 Å². The van der Waals surface area contributed by atoms with E-state index >= 15 is 0 Å². The number of ether oxygens (including phenoxy) is 1. The van der Waals surface area contributed by atoms with Crippen LogP contribution < -0.4 is 10.6 Å². The van der Waals surface area contributed by atoms with Crippen LogP contribution >= 0.6 is 0 Å². The summed E-state index contributed by atoms with van der Waals surface area (Å²) in [5.41, 5.74) is -1.27. The number of hydrogen-bond acceptors (Lipinski definition) is 3. The summed E-state index contributed by atoms with van der Waals surface area (Å²) in [7, 11) is 0. The molecule has 1 fully saturated rings. The molecule has 0 aromatic heterocycles. The Morgan fingerprint density at radius 3 is 2.59 bits per heavy atom. The van der Waals surface area contributed by atoms with Crippen molar-refractivity contribution in [2.75, 3.05) is 13.2 Å². The van der Waals surface area contributed by atoms with Crippen molar-refractivity contribution >= 4 is 12.0 Å². The number of carbonyl (C=O) groups is 2. The van der Waals surface area contributed by atoms with E-state index in [4.69, 9.17) is 9.84 Å². The van der Waals surface area contributed by atoms with Gasteiger partial charge in [0.25, 0.3) is 0 Å². The second-order valence-corrected chi connectivity index (χ2v) is 4.43. The van der Waals surface area contributed by atoms with Crippen molar-refractivity contribution in [3.8, 4) is 0 Å². The van der Waals surface area contributed by atoms with Crippen molar-refractivity contribution in [2.45, 2.75) is 30.8 Å². The molecule has 2 aliphatic rings. The molecule has 0 saturated carbocycles. The van der Waals surface area contributed by atoms with Gasteiger partial charge in [0.05, 0.1) is 6.61 Å². The summed E-state index contributed by atoms with van der Waals surface area (Å²) in [6.07, 6.45) is 5.89. The molecule has 2 amide bonds. The van der Waals surface area contributed by atoms with Crippen molar-refractivity contribution in [1.29, 1.82) is 0 Å². The molecule has 2 rings (SSSR count). The molecule has 1 aliphatic heterocycles. The predicted molar refractivity (Wildman–Crippen MR) is 59.6 cm³/mol. The van der Waals surface area contributed by atoms with Crippen molar-refractivity contribution in [1.82, 2.24) is 10.6 Å². The first-order chi connectivity index (χ1) is 8.12. The highest BCUT2D eigenvalue weighted by Crippen LogP contribution is 2.19. The zero-order chi connectivity index (χ0) is 12.3. The molecule has 3 N–H and O–H groups in total. The smallest absolute Gasteiger partial charge is 0.332 e. The highest BCUT2D eigenvalue weighted by Gasteiger charge is 2.44. The number of nitrogens with one attached hydrogen (secondary N) is 2. The molecule has 1 saturated heterocycles. The Kier molecular flexibility index (Phi) is 3.33. The van der Waals surface area contributed by atoms with Crippen LogP contribution in [-0.4, -0.2) is 41.9 Å². The van der Waals surface area contributed by atoms with E-state index in [-0.39, 0.29) is 12.6 Å². The zero-order valence-electron chi connectivity index (χ0n) is 9.44. The molecule has 1 aliphatic carbocycles. The zero-order valence-corrected chi connectivity index (χ0v) is 9.44. The van der Waals surface area contributed by atoms with E-state index in [9.17, 15) is 9.59 Å². The molecule has 17 heavy (non-hydrogen) atoms. The van der Waals surface area contributed by atoms with Gasteiger partial charge in [-0.2, -0.15) is 0 Å². The number of carboxylic acids is 1. The van der Waals surface area contributed by atoms with Crippen LogP contribution in [-0.2, 0) is 9.53 Å². The van der Waals surface area contributed by atoms with Gasteiger partial charge in [0.15, 0.2) is 5.54 Å². The lowest BCUT2D eigenvalue weighted by molar-refractivity contribution is -0.144. The van der Waals surface area contributed by atoms with Gasteiger partial charge in [0, 0.05) is 19.1 Å². The minimum atomic E-state index is -1.27. The highest BCUT2D eigenvalue weighted by molar-refractivity contribution is 5.86. The highest BCUT2D eigenvalue weighted by atomic mass is 16.5. The SMILES string of the molecule is O=C(NC1CC=CC1)NC1(C(=O)O)CCOC1. The second kappa shape index (κ2) is 4.75. The lowest BCUT2D eigenvalue weighted by Gasteiger charge is -2.25. The van der Waals surface area contributed by atoms with Crippen molar-refractivity contribution < 1.29 is 19.4 Å². The van der Waals surface area contributed by atoms with E-state index < -0.39 is 17.5 Å². The summed E-state index contributed by atoms with van der Waals surface area (Å²) in [6, 6.07) is -0.366. The van der Waals surface area contributed by atoms with Crippen LogP contribution in [0, 0.1) is 0 Å². The number of carboxylic acid groups (broad SMARTS) is 1. The molecular formula is C11H16N2O4. The third kappa shape index (κ3) is 2.58. The maximum Gasteiger partial charge on any atom is 0.332 e. The van der Waals surface area contributed by atoms with E-state index in [1.807, 2.05) is 12.2 Å². The van der Waals surface area contributed by atoms with E-state index in [1.54, 1.807) is 0 Å². The largest absolute Gasteiger partial charge is 0.479 e. The third-order valence-electron chi connectivity index (χ3n) is 3.13. The molecule has 0 spiro atoms. The second-order valence-electron chi connectivity index (χ2n) is 4.43. The number of carbonyl (C=O) groups excluding carboxylic acids is 1. The minimum Gasteiger partial charge on any atom is -0.479 e. The first-order valence-electron chi connectivity index (χ1n) is 5.67. The van der Waals surface area contributed by atoms with Gasteiger partial charge in [-0.3, -0.25) is 0 Å². The Morgan fingerprint density at radius 1 is 1.35 bits per heavy atom. The summed E-state index contributed by atoms with van der Waals surface area (Å²) >= 11 is 0. The Bertz CT molecular complexity index is 339. The normalized spacial score (nSPS) is 28.2. The van der Waals surface area contributed by atoms with Crippen molar-refractivity contribution in [2.24, 2.45) is 0 Å². The maximum absolute atomic E-state index is 11.7. The van der Waals surface area contributed by atoms with Crippen molar-refractivity contribution in [3.63, 3.8) is 0 Å². The maximum atomic E-state index is 11.7. The summed E-state index contributed by atoms with van der Waals surface area (Å²) in [5, 5.41) is 14.4. The molecule has 1 atom stereocenters. The number of urea groups is 1. The Morgan fingerprint density at radius 2 is 2.06 bits per heavy atom. The standard InChI is InChI=1S/C11H16N2O4/c14-9(15)11(5-6-17-7-11)13-10(16)12-8-3-1-2-4-8/h1-2,8H,3-7H2,(H,14,15)(H2,12,13,16). The first-order valence-corrected chi connectivity index (χ1v) is 5.67. The number of rotatable bonds is 3. The van der Waals surface area contributed by atoms with Crippen LogP contribution in [0.25, 0.3) is 0 Å². The Balaban J connectivity index is 1.89. The number of hydrogen-bond donors (Lipinski definition) is 3. The molecule has 0 bridgehead atoms. The fraction of sp³-hybridized carbons (Fsp3) is 0.636. The summed E-state index contributed by atoms with van der Waals surface area (Å²) in [4.78, 5) is 22.9. The molecule has 1 heterocycles. The van der Waals surface area contributed by atoms with Gasteiger partial charge in [-0.1, -0.05) is 12.2 Å². The number of aliphatic carboxylic acids is 1. The van der Waals surface area contributed by atoms with Crippen LogP contribution in [0.4, 0.5) is 4.79 Å². The van der Waals surface area contributed by atoms with Crippen LogP contribution in [0.3, 0.4) is 0 Å². The average Bonchev–Trinajstić information content (AvgIpc) is 2.89. The minimum absolute atomic E-state index is 0.0265. The number of amides is 2. The summed E-state index contributed by atoms with van der Waals surface area (Å²) in [5.74, 6) is -1.05. The molecule has 0 aromatic rings. The average molecular weight is 240 g/mol. The van der Waals surface area contributed by atoms with Gasteiger partial charge >= 0.3 is 12.0 Å². The molecule has 0 aromatic carbocycles. The summed E-state index contributed by atoms with van der Waals surface area (Å²) < 4.78 is 5.06. The van der Waals surface area contributed by atoms with Gasteiger partial charge in [-0.05, 0) is 12.8 Å². The van der Waals surface area contributed by atoms with Gasteiger partial charge in [-0.15, -0.1) is 0 Å². The van der Waals surface area contributed by atoms with Crippen LogP contribution in [0.2, 0.25) is 0 Å². The monoisotopic (exact) mass is 240 g/mol. The van der Waals surface area contributed by atoms with Gasteiger partial charge < -0.3 is 20.5 Å². The van der Waals surface area contributed by atoms with E-state index in [1.165, 1.54) is 0 Å². The molecule has 6 heteroatoms. The fourth-order valence-electron chi connectivity index (χ4n) is 2.06. The van der Waals surface area contributed by atoms with E-state index in [2.05, 4.69) is 10.6 Å². The first kappa shape index (κ1) is 11.9. The van der Waals surface area contributed by atoms with Gasteiger partial charge in [-0.25, -0.2) is 9.59 Å². The lowest BCUT2D eigenvalue weighted by atomic mass is 9.99. The molecule has 1 unspecified atom stereocenters. The quantitative estimate of drug-likeness (QED) is 0.617. The van der Waals surface area contributed by atoms with Gasteiger partial charge in [0.1, 0.15) is 0 Å². The Hall–Kier alpha value is -1.56. The Labute approximate surface area is 99.0 Å². The molecular weight excluding hydrogens is 224 g/mol. The van der Waals surface area contributed by atoms with Gasteiger partial charge in [0.2, 0.25) is 0 Å². The lowest BCUT2D eigenvalue weighted by Crippen LogP contribution is -2.58. The van der Waals surface area contributed by atoms with Crippen LogP contribution in [0.15, 0.2) is 12.2 Å². The van der Waals surface area contributed by atoms with E-state index in [0.29, 0.717) is 13.0 Å². The molecule has 94 valence electrons. The van der Waals surface area contributed by atoms with Crippen LogP contribution in [0.5, 0.6) is 0 Å². The predicted octanol–water partition coefficient (Wildman–Crippen LogP) is 0.248. The topological polar surface area (TPSA) is 87.7 Å². The van der Waals surface area contributed by atoms with E-state index in [0.717, 1.165) is 12.8 Å². The van der Waals surface area contributed by atoms with Crippen LogP contribution in [0.1, 0.15) is 19.3 Å². The molecule has 0 radical (unpaired) electrons. The molecule has 6 nitrogen and oxygen atoms in total.